The van der Waals surface area contributed by atoms with Crippen LogP contribution >= 0.6 is 15.9 Å². The van der Waals surface area contributed by atoms with Crippen LogP contribution in [0, 0.1) is 0 Å². The maximum Gasteiger partial charge on any atom is 0.152 e. The number of nitrogens with zero attached hydrogens (tertiary/aromatic N) is 3. The van der Waals surface area contributed by atoms with Crippen LogP contribution in [0.1, 0.15) is 18.5 Å². The molecule has 1 unspecified atom stereocenters. The van der Waals surface area contributed by atoms with E-state index in [1.54, 1.807) is 12.4 Å². The van der Waals surface area contributed by atoms with Gasteiger partial charge < -0.3 is 5.32 Å². The van der Waals surface area contributed by atoms with Crippen molar-refractivity contribution in [2.24, 2.45) is 0 Å². The SMILES string of the molecule is CC(Nc1nccn2nccc12)c1cccc(Br)c1. The van der Waals surface area contributed by atoms with Gasteiger partial charge in [-0.2, -0.15) is 5.10 Å². The van der Waals surface area contributed by atoms with E-state index in [9.17, 15) is 0 Å². The number of nitrogens with one attached hydrogen (secondary N) is 1. The lowest BCUT2D eigenvalue weighted by atomic mass is 10.1. The van der Waals surface area contributed by atoms with E-state index in [0.29, 0.717) is 0 Å². The molecular weight excluding hydrogens is 304 g/mol. The Bertz CT molecular complexity index is 707. The maximum atomic E-state index is 4.38. The molecule has 0 fully saturated rings. The Morgan fingerprint density at radius 3 is 3.00 bits per heavy atom. The Balaban J connectivity index is 1.90. The molecule has 96 valence electrons. The predicted octanol–water partition coefficient (Wildman–Crippen LogP) is 3.66. The van der Waals surface area contributed by atoms with Crippen LogP contribution in [0.4, 0.5) is 5.82 Å². The van der Waals surface area contributed by atoms with Gasteiger partial charge in [-0.15, -0.1) is 0 Å². The van der Waals surface area contributed by atoms with Crippen LogP contribution in [0.3, 0.4) is 0 Å². The summed E-state index contributed by atoms with van der Waals surface area (Å²) in [6.07, 6.45) is 5.35. The second-order valence-corrected chi connectivity index (χ2v) is 5.27. The first-order valence-electron chi connectivity index (χ1n) is 6.04. The van der Waals surface area contributed by atoms with Gasteiger partial charge in [-0.3, -0.25) is 0 Å². The van der Waals surface area contributed by atoms with Crippen LogP contribution in [0.15, 0.2) is 53.4 Å². The molecule has 1 atom stereocenters. The molecule has 0 saturated heterocycles. The van der Waals surface area contributed by atoms with Crippen LogP contribution in [-0.4, -0.2) is 14.6 Å². The van der Waals surface area contributed by atoms with Crippen molar-refractivity contribution in [2.45, 2.75) is 13.0 Å². The molecule has 0 aliphatic heterocycles. The van der Waals surface area contributed by atoms with E-state index in [2.05, 4.69) is 50.4 Å². The van der Waals surface area contributed by atoms with Gasteiger partial charge in [-0.1, -0.05) is 28.1 Å². The fourth-order valence-corrected chi connectivity index (χ4v) is 2.45. The van der Waals surface area contributed by atoms with Crippen molar-refractivity contribution >= 4 is 27.3 Å². The topological polar surface area (TPSA) is 42.2 Å². The molecule has 3 rings (SSSR count). The number of halogens is 1. The molecule has 0 bridgehead atoms. The third-order valence-electron chi connectivity index (χ3n) is 3.03. The van der Waals surface area contributed by atoms with Crippen molar-refractivity contribution < 1.29 is 0 Å². The lowest BCUT2D eigenvalue weighted by molar-refractivity contribution is 0.866. The van der Waals surface area contributed by atoms with Crippen LogP contribution in [0.25, 0.3) is 5.52 Å². The van der Waals surface area contributed by atoms with Gasteiger partial charge in [0.05, 0.1) is 12.2 Å². The standard InChI is InChI=1S/C14H13BrN4/c1-10(11-3-2-4-12(15)9-11)18-14-13-5-6-17-19(13)8-7-16-14/h2-10H,1H3,(H,16,18). The molecule has 0 amide bonds. The minimum atomic E-state index is 0.172. The fraction of sp³-hybridized carbons (Fsp3) is 0.143. The molecule has 19 heavy (non-hydrogen) atoms. The lowest BCUT2D eigenvalue weighted by Crippen LogP contribution is -2.09. The second kappa shape index (κ2) is 5.01. The molecular formula is C14H13BrN4. The minimum absolute atomic E-state index is 0.172. The van der Waals surface area contributed by atoms with Crippen molar-refractivity contribution in [1.29, 1.82) is 0 Å². The summed E-state index contributed by atoms with van der Waals surface area (Å²) in [5.41, 5.74) is 2.18. The number of rotatable bonds is 3. The van der Waals surface area contributed by atoms with Gasteiger partial charge in [-0.05, 0) is 30.7 Å². The highest BCUT2D eigenvalue weighted by Gasteiger charge is 2.09. The van der Waals surface area contributed by atoms with E-state index in [1.165, 1.54) is 5.56 Å². The summed E-state index contributed by atoms with van der Waals surface area (Å²) in [6.45, 7) is 2.11. The number of anilines is 1. The maximum absolute atomic E-state index is 4.38. The molecule has 1 N–H and O–H groups in total. The van der Waals surface area contributed by atoms with E-state index < -0.39 is 0 Å². The monoisotopic (exact) mass is 316 g/mol. The Labute approximate surface area is 119 Å². The van der Waals surface area contributed by atoms with Crippen molar-refractivity contribution in [1.82, 2.24) is 14.6 Å². The Hall–Kier alpha value is -1.88. The van der Waals surface area contributed by atoms with Gasteiger partial charge >= 0.3 is 0 Å². The van der Waals surface area contributed by atoms with Gasteiger partial charge in [0.2, 0.25) is 0 Å². The molecule has 0 spiro atoms. The van der Waals surface area contributed by atoms with Crippen LogP contribution in [0.2, 0.25) is 0 Å². The van der Waals surface area contributed by atoms with Gasteiger partial charge in [0.25, 0.3) is 0 Å². The highest BCUT2D eigenvalue weighted by molar-refractivity contribution is 9.10. The van der Waals surface area contributed by atoms with Crippen LogP contribution in [-0.2, 0) is 0 Å². The third-order valence-corrected chi connectivity index (χ3v) is 3.52. The lowest BCUT2D eigenvalue weighted by Gasteiger charge is -2.15. The Morgan fingerprint density at radius 1 is 1.26 bits per heavy atom. The molecule has 0 aliphatic rings. The summed E-state index contributed by atoms with van der Waals surface area (Å²) < 4.78 is 2.89. The van der Waals surface area contributed by atoms with Gasteiger partial charge in [0, 0.05) is 16.9 Å². The fourth-order valence-electron chi connectivity index (χ4n) is 2.03. The zero-order valence-corrected chi connectivity index (χ0v) is 12.0. The minimum Gasteiger partial charge on any atom is -0.362 e. The molecule has 2 heterocycles. The third kappa shape index (κ3) is 2.46. The number of hydrogen-bond donors (Lipinski definition) is 1. The predicted molar refractivity (Wildman–Crippen MR) is 79.2 cm³/mol. The first-order chi connectivity index (χ1) is 9.24. The molecule has 5 heteroatoms. The largest absolute Gasteiger partial charge is 0.362 e. The second-order valence-electron chi connectivity index (χ2n) is 4.36. The van der Waals surface area contributed by atoms with E-state index in [1.807, 2.05) is 28.9 Å². The van der Waals surface area contributed by atoms with Gasteiger partial charge in [0.1, 0.15) is 5.52 Å². The summed E-state index contributed by atoms with van der Waals surface area (Å²) in [5, 5.41) is 7.62. The van der Waals surface area contributed by atoms with E-state index in [0.717, 1.165) is 15.8 Å². The average molecular weight is 317 g/mol. The number of benzene rings is 1. The van der Waals surface area contributed by atoms with Gasteiger partial charge in [-0.25, -0.2) is 9.50 Å². The van der Waals surface area contributed by atoms with E-state index in [4.69, 9.17) is 0 Å². The average Bonchev–Trinajstić information content (AvgIpc) is 2.88. The highest BCUT2D eigenvalue weighted by atomic mass is 79.9. The molecule has 1 aromatic carbocycles. The normalized spacial score (nSPS) is 12.5. The molecule has 0 radical (unpaired) electrons. The van der Waals surface area contributed by atoms with Crippen molar-refractivity contribution in [3.8, 4) is 0 Å². The summed E-state index contributed by atoms with van der Waals surface area (Å²) in [5.74, 6) is 0.840. The Kier molecular flexibility index (Phi) is 3.21. The first-order valence-corrected chi connectivity index (χ1v) is 6.84. The number of hydrogen-bond acceptors (Lipinski definition) is 3. The quantitative estimate of drug-likeness (QED) is 0.801. The number of fused-ring (bicyclic) bond motifs is 1. The number of aromatic nitrogens is 3. The molecule has 0 aliphatic carbocycles. The zero-order valence-electron chi connectivity index (χ0n) is 10.4. The summed E-state index contributed by atoms with van der Waals surface area (Å²) in [7, 11) is 0. The van der Waals surface area contributed by atoms with Crippen molar-refractivity contribution in [3.05, 3.63) is 59.0 Å². The first kappa shape index (κ1) is 12.2. The summed E-state index contributed by atoms with van der Waals surface area (Å²) in [6, 6.07) is 10.4. The molecule has 4 nitrogen and oxygen atoms in total. The van der Waals surface area contributed by atoms with Crippen LogP contribution in [0.5, 0.6) is 0 Å². The molecule has 3 aromatic rings. The van der Waals surface area contributed by atoms with E-state index >= 15 is 0 Å². The smallest absolute Gasteiger partial charge is 0.152 e. The summed E-state index contributed by atoms with van der Waals surface area (Å²) >= 11 is 3.49. The molecule has 2 aromatic heterocycles. The van der Waals surface area contributed by atoms with Gasteiger partial charge in [0.15, 0.2) is 5.82 Å². The van der Waals surface area contributed by atoms with Crippen molar-refractivity contribution in [2.75, 3.05) is 5.32 Å². The zero-order chi connectivity index (χ0) is 13.2. The van der Waals surface area contributed by atoms with Crippen LogP contribution < -0.4 is 5.32 Å². The Morgan fingerprint density at radius 2 is 2.16 bits per heavy atom. The van der Waals surface area contributed by atoms with E-state index in [-0.39, 0.29) is 6.04 Å². The van der Waals surface area contributed by atoms with Crippen molar-refractivity contribution in [3.63, 3.8) is 0 Å². The summed E-state index contributed by atoms with van der Waals surface area (Å²) in [4.78, 5) is 4.38. The highest BCUT2D eigenvalue weighted by Crippen LogP contribution is 2.23. The molecule has 0 saturated carbocycles.